The molecule has 132 valence electrons. The van der Waals surface area contributed by atoms with Crippen molar-refractivity contribution in [3.63, 3.8) is 0 Å². The number of halogens is 1. The molecule has 1 aromatic carbocycles. The molecule has 0 spiro atoms. The number of fused-ring (bicyclic) bond motifs is 1. The van der Waals surface area contributed by atoms with Gasteiger partial charge in [-0.15, -0.1) is 0 Å². The third kappa shape index (κ3) is 4.37. The molecular weight excluding hydrogens is 346 g/mol. The van der Waals surface area contributed by atoms with Gasteiger partial charge in [0.05, 0.1) is 16.8 Å². The van der Waals surface area contributed by atoms with Gasteiger partial charge in [-0.25, -0.2) is 4.98 Å². The number of aromatic nitrogens is 1. The highest BCUT2D eigenvalue weighted by molar-refractivity contribution is 7.23. The normalized spacial score (nSPS) is 11.2. The Labute approximate surface area is 152 Å². The number of rotatable bonds is 8. The average Bonchev–Trinajstić information content (AvgIpc) is 2.97. The number of carbonyl (C=O) groups is 1. The van der Waals surface area contributed by atoms with Gasteiger partial charge < -0.3 is 9.64 Å². The van der Waals surface area contributed by atoms with Crippen molar-refractivity contribution >= 4 is 44.2 Å². The fraction of sp³-hybridized carbons (Fsp3) is 0.529. The minimum atomic E-state index is 0.102. The Balaban J connectivity index is 2.35. The van der Waals surface area contributed by atoms with E-state index in [-0.39, 0.29) is 5.91 Å². The first kappa shape index (κ1) is 19.0. The summed E-state index contributed by atoms with van der Waals surface area (Å²) in [6, 6.07) is 3.60. The van der Waals surface area contributed by atoms with Crippen molar-refractivity contribution < 1.29 is 9.53 Å². The van der Waals surface area contributed by atoms with Crippen molar-refractivity contribution in [1.29, 1.82) is 0 Å². The van der Waals surface area contributed by atoms with Crippen LogP contribution in [0.3, 0.4) is 0 Å². The van der Waals surface area contributed by atoms with Crippen molar-refractivity contribution in [1.82, 2.24) is 9.88 Å². The van der Waals surface area contributed by atoms with E-state index in [2.05, 4.69) is 9.88 Å². The Hall–Kier alpha value is -1.37. The summed E-state index contributed by atoms with van der Waals surface area (Å²) in [5.41, 5.74) is 0.715. The van der Waals surface area contributed by atoms with Crippen molar-refractivity contribution in [2.75, 3.05) is 39.2 Å². The van der Waals surface area contributed by atoms with Crippen LogP contribution < -0.4 is 9.64 Å². The third-order valence-corrected chi connectivity index (χ3v) is 5.19. The van der Waals surface area contributed by atoms with E-state index in [1.54, 1.807) is 24.1 Å². The molecule has 0 N–H and O–H groups in total. The molecule has 1 aromatic heterocycles. The highest BCUT2D eigenvalue weighted by Gasteiger charge is 2.21. The second-order valence-electron chi connectivity index (χ2n) is 5.88. The van der Waals surface area contributed by atoms with Crippen LogP contribution >= 0.6 is 22.9 Å². The number of thiazole rings is 1. The molecule has 24 heavy (non-hydrogen) atoms. The van der Waals surface area contributed by atoms with Crippen molar-refractivity contribution in [2.45, 2.75) is 26.2 Å². The van der Waals surface area contributed by atoms with Gasteiger partial charge in [-0.3, -0.25) is 9.69 Å². The molecule has 1 amide bonds. The van der Waals surface area contributed by atoms with Gasteiger partial charge >= 0.3 is 0 Å². The molecule has 0 saturated carbocycles. The van der Waals surface area contributed by atoms with E-state index in [1.165, 1.54) is 11.3 Å². The van der Waals surface area contributed by atoms with Crippen molar-refractivity contribution in [3.8, 4) is 5.75 Å². The summed E-state index contributed by atoms with van der Waals surface area (Å²) in [5, 5.41) is 1.32. The van der Waals surface area contributed by atoms with E-state index in [0.29, 0.717) is 34.4 Å². The fourth-order valence-corrected chi connectivity index (χ4v) is 3.74. The molecule has 0 bridgehead atoms. The number of hydrogen-bond acceptors (Lipinski definition) is 5. The second-order valence-corrected chi connectivity index (χ2v) is 7.26. The number of carbonyl (C=O) groups excluding carboxylic acids is 1. The molecule has 0 fully saturated rings. The highest BCUT2D eigenvalue weighted by Crippen LogP contribution is 2.38. The van der Waals surface area contributed by atoms with Gasteiger partial charge in [-0.1, -0.05) is 29.9 Å². The van der Waals surface area contributed by atoms with E-state index >= 15 is 0 Å². The number of ether oxygens (including phenoxy) is 1. The minimum absolute atomic E-state index is 0.102. The maximum Gasteiger partial charge on any atom is 0.228 e. The number of anilines is 1. The number of nitrogens with zero attached hydrogens (tertiary/aromatic N) is 3. The Morgan fingerprint density at radius 3 is 2.71 bits per heavy atom. The summed E-state index contributed by atoms with van der Waals surface area (Å²) >= 11 is 7.74. The molecule has 0 unspecified atom stereocenters. The van der Waals surface area contributed by atoms with E-state index in [1.807, 2.05) is 21.0 Å². The first-order chi connectivity index (χ1) is 11.5. The fourth-order valence-electron chi connectivity index (χ4n) is 2.44. The quantitative estimate of drug-likeness (QED) is 0.704. The Kier molecular flexibility index (Phi) is 6.83. The zero-order valence-corrected chi connectivity index (χ0v) is 16.2. The lowest BCUT2D eigenvalue weighted by atomic mass is 10.3. The van der Waals surface area contributed by atoms with Gasteiger partial charge in [0.1, 0.15) is 11.3 Å². The van der Waals surface area contributed by atoms with Crippen LogP contribution in [0, 0.1) is 0 Å². The summed E-state index contributed by atoms with van der Waals surface area (Å²) in [5.74, 6) is 0.776. The molecule has 0 atom stereocenters. The zero-order valence-electron chi connectivity index (χ0n) is 14.6. The van der Waals surface area contributed by atoms with Crippen LogP contribution in [-0.4, -0.2) is 50.1 Å². The molecule has 2 aromatic rings. The molecule has 5 nitrogen and oxygen atoms in total. The average molecular weight is 370 g/mol. The molecule has 0 aliphatic carbocycles. The second kappa shape index (κ2) is 8.65. The number of methoxy groups -OCH3 is 1. The molecule has 0 aliphatic heterocycles. The summed E-state index contributed by atoms with van der Waals surface area (Å²) in [7, 11) is 5.67. The number of amides is 1. The lowest BCUT2D eigenvalue weighted by Gasteiger charge is -2.20. The predicted molar refractivity (Wildman–Crippen MR) is 102 cm³/mol. The van der Waals surface area contributed by atoms with Crippen LogP contribution in [0.1, 0.15) is 26.2 Å². The summed E-state index contributed by atoms with van der Waals surface area (Å²) in [6.07, 6.45) is 2.23. The first-order valence-corrected chi connectivity index (χ1v) is 9.25. The molecule has 0 aliphatic rings. The monoisotopic (exact) mass is 369 g/mol. The predicted octanol–water partition coefficient (Wildman–Crippen LogP) is 4.04. The SMILES string of the molecule is CCCC(=O)N(CCCN(C)C)c1nc2c(OC)ccc(Cl)c2s1. The van der Waals surface area contributed by atoms with Gasteiger partial charge in [0.15, 0.2) is 5.13 Å². The van der Waals surface area contributed by atoms with E-state index in [9.17, 15) is 4.79 Å². The molecule has 7 heteroatoms. The largest absolute Gasteiger partial charge is 0.494 e. The molecule has 1 heterocycles. The van der Waals surface area contributed by atoms with E-state index < -0.39 is 0 Å². The van der Waals surface area contributed by atoms with Gasteiger partial charge in [0.2, 0.25) is 5.91 Å². The zero-order chi connectivity index (χ0) is 17.7. The lowest BCUT2D eigenvalue weighted by molar-refractivity contribution is -0.118. The molecule has 0 radical (unpaired) electrons. The van der Waals surface area contributed by atoms with Gasteiger partial charge in [0, 0.05) is 13.0 Å². The van der Waals surface area contributed by atoms with Crippen LogP contribution in [-0.2, 0) is 4.79 Å². The molecule has 2 rings (SSSR count). The van der Waals surface area contributed by atoms with E-state index in [4.69, 9.17) is 16.3 Å². The van der Waals surface area contributed by atoms with Crippen LogP contribution in [0.5, 0.6) is 5.75 Å². The molecule has 0 saturated heterocycles. The summed E-state index contributed by atoms with van der Waals surface area (Å²) in [4.78, 5) is 21.1. The Morgan fingerprint density at radius 2 is 2.08 bits per heavy atom. The number of hydrogen-bond donors (Lipinski definition) is 0. The number of benzene rings is 1. The lowest BCUT2D eigenvalue weighted by Crippen LogP contribution is -2.33. The van der Waals surface area contributed by atoms with Crippen LogP contribution in [0.4, 0.5) is 5.13 Å². The van der Waals surface area contributed by atoms with Crippen LogP contribution in [0.15, 0.2) is 12.1 Å². The smallest absolute Gasteiger partial charge is 0.228 e. The summed E-state index contributed by atoms with van der Waals surface area (Å²) in [6.45, 7) is 3.58. The first-order valence-electron chi connectivity index (χ1n) is 8.06. The van der Waals surface area contributed by atoms with Gasteiger partial charge in [-0.05, 0) is 45.6 Å². The molecular formula is C17H24ClN3O2S. The standard InChI is InChI=1S/C17H24ClN3O2S/c1-5-7-14(22)21(11-6-10-20(2)3)17-19-15-13(23-4)9-8-12(18)16(15)24-17/h8-9H,5-7,10-11H2,1-4H3. The minimum Gasteiger partial charge on any atom is -0.494 e. The summed E-state index contributed by atoms with van der Waals surface area (Å²) < 4.78 is 6.23. The van der Waals surface area contributed by atoms with Crippen molar-refractivity contribution in [3.05, 3.63) is 17.2 Å². The highest BCUT2D eigenvalue weighted by atomic mass is 35.5. The maximum absolute atomic E-state index is 12.6. The topological polar surface area (TPSA) is 45.7 Å². The van der Waals surface area contributed by atoms with E-state index in [0.717, 1.165) is 24.1 Å². The van der Waals surface area contributed by atoms with Crippen LogP contribution in [0.25, 0.3) is 10.2 Å². The van der Waals surface area contributed by atoms with Crippen LogP contribution in [0.2, 0.25) is 5.02 Å². The van der Waals surface area contributed by atoms with Gasteiger partial charge in [-0.2, -0.15) is 0 Å². The maximum atomic E-state index is 12.6. The third-order valence-electron chi connectivity index (χ3n) is 3.65. The Bertz CT molecular complexity index is 702. The van der Waals surface area contributed by atoms with Crippen molar-refractivity contribution in [2.24, 2.45) is 0 Å². The Morgan fingerprint density at radius 1 is 1.33 bits per heavy atom. The van der Waals surface area contributed by atoms with Gasteiger partial charge in [0.25, 0.3) is 0 Å².